The summed E-state index contributed by atoms with van der Waals surface area (Å²) in [5.41, 5.74) is 0. The number of rotatable bonds is 0. The van der Waals surface area contributed by atoms with Gasteiger partial charge in [0.05, 0.1) is 0 Å². The molecule has 1 heterocycles. The van der Waals surface area contributed by atoms with Crippen LogP contribution in [-0.2, 0) is 10.8 Å². The first kappa shape index (κ1) is 6.27. The minimum Gasteiger partial charge on any atom is -0.259 e. The molecule has 0 aliphatic carbocycles. The molecule has 48 valence electrons. The number of hydrogen-bond acceptors (Lipinski definition) is 1. The fourth-order valence-corrected chi connectivity index (χ4v) is 2.63. The molecule has 0 spiro atoms. The molecule has 2 unspecified atom stereocenters. The standard InChI is InChI=1S/C6H12OS/c1-5-3-4-6(2)8(5)7/h5-6H,3-4H2,1-2H3. The summed E-state index contributed by atoms with van der Waals surface area (Å²) in [5, 5.41) is 0.926. The van der Waals surface area contributed by atoms with E-state index in [9.17, 15) is 4.21 Å². The molecule has 8 heavy (non-hydrogen) atoms. The van der Waals surface area contributed by atoms with Crippen molar-refractivity contribution < 1.29 is 4.21 Å². The van der Waals surface area contributed by atoms with Crippen molar-refractivity contribution in [2.45, 2.75) is 37.2 Å². The summed E-state index contributed by atoms with van der Waals surface area (Å²) in [5.74, 6) is 0. The van der Waals surface area contributed by atoms with Crippen LogP contribution in [0.2, 0.25) is 0 Å². The Balaban J connectivity index is 2.57. The molecule has 2 heteroatoms. The Bertz CT molecular complexity index is 99.1. The van der Waals surface area contributed by atoms with Crippen LogP contribution in [0.5, 0.6) is 0 Å². The van der Waals surface area contributed by atoms with Crippen molar-refractivity contribution in [2.75, 3.05) is 0 Å². The molecule has 2 atom stereocenters. The van der Waals surface area contributed by atoms with Gasteiger partial charge in [0.2, 0.25) is 0 Å². The maximum absolute atomic E-state index is 11.0. The van der Waals surface area contributed by atoms with Crippen LogP contribution in [0.3, 0.4) is 0 Å². The molecule has 0 radical (unpaired) electrons. The highest BCUT2D eigenvalue weighted by Crippen LogP contribution is 2.21. The largest absolute Gasteiger partial charge is 0.259 e. The van der Waals surface area contributed by atoms with Crippen LogP contribution in [0.15, 0.2) is 0 Å². The van der Waals surface area contributed by atoms with E-state index in [1.54, 1.807) is 0 Å². The zero-order chi connectivity index (χ0) is 6.15. The van der Waals surface area contributed by atoms with Gasteiger partial charge in [-0.15, -0.1) is 0 Å². The summed E-state index contributed by atoms with van der Waals surface area (Å²) in [4.78, 5) is 0. The van der Waals surface area contributed by atoms with Crippen LogP contribution in [-0.4, -0.2) is 14.7 Å². The van der Waals surface area contributed by atoms with E-state index in [0.29, 0.717) is 10.5 Å². The molecule has 0 saturated carbocycles. The quantitative estimate of drug-likeness (QED) is 0.485. The highest BCUT2D eigenvalue weighted by Gasteiger charge is 2.25. The van der Waals surface area contributed by atoms with E-state index in [2.05, 4.69) is 13.8 Å². The number of hydrogen-bond donors (Lipinski definition) is 0. The monoisotopic (exact) mass is 132 g/mol. The zero-order valence-electron chi connectivity index (χ0n) is 5.39. The van der Waals surface area contributed by atoms with E-state index >= 15 is 0 Å². The van der Waals surface area contributed by atoms with E-state index < -0.39 is 10.8 Å². The summed E-state index contributed by atoms with van der Waals surface area (Å²) in [6.07, 6.45) is 2.32. The first-order valence-electron chi connectivity index (χ1n) is 3.11. The maximum Gasteiger partial charge on any atom is 0.0322 e. The Hall–Kier alpha value is 0.150. The second-order valence-corrected chi connectivity index (χ2v) is 4.79. The maximum atomic E-state index is 11.0. The molecular weight excluding hydrogens is 120 g/mol. The van der Waals surface area contributed by atoms with Gasteiger partial charge in [-0.3, -0.25) is 4.21 Å². The third-order valence-corrected chi connectivity index (χ3v) is 3.83. The van der Waals surface area contributed by atoms with Crippen LogP contribution < -0.4 is 0 Å². The smallest absolute Gasteiger partial charge is 0.0322 e. The molecule has 0 aromatic carbocycles. The van der Waals surface area contributed by atoms with Gasteiger partial charge in [-0.2, -0.15) is 0 Å². The molecule has 0 bridgehead atoms. The molecule has 1 aliphatic rings. The van der Waals surface area contributed by atoms with Crippen molar-refractivity contribution in [3.05, 3.63) is 0 Å². The molecule has 1 fully saturated rings. The lowest BCUT2D eigenvalue weighted by Crippen LogP contribution is -2.08. The van der Waals surface area contributed by atoms with Gasteiger partial charge < -0.3 is 0 Å². The Morgan fingerprint density at radius 3 is 1.75 bits per heavy atom. The van der Waals surface area contributed by atoms with E-state index in [-0.39, 0.29) is 0 Å². The van der Waals surface area contributed by atoms with Crippen molar-refractivity contribution in [3.63, 3.8) is 0 Å². The van der Waals surface area contributed by atoms with E-state index in [1.807, 2.05) is 0 Å². The SMILES string of the molecule is CC1CCC(C)S1=O. The van der Waals surface area contributed by atoms with Crippen LogP contribution in [0.1, 0.15) is 26.7 Å². The van der Waals surface area contributed by atoms with Gasteiger partial charge in [-0.05, 0) is 12.8 Å². The highest BCUT2D eigenvalue weighted by atomic mass is 32.2. The lowest BCUT2D eigenvalue weighted by atomic mass is 10.2. The van der Waals surface area contributed by atoms with Crippen LogP contribution in [0.25, 0.3) is 0 Å². The third kappa shape index (κ3) is 0.943. The summed E-state index contributed by atoms with van der Waals surface area (Å²) < 4.78 is 11.0. The van der Waals surface area contributed by atoms with Gasteiger partial charge in [0.1, 0.15) is 0 Å². The molecular formula is C6H12OS. The summed E-state index contributed by atoms with van der Waals surface area (Å²) in [7, 11) is -0.512. The fourth-order valence-electron chi connectivity index (χ4n) is 1.10. The lowest BCUT2D eigenvalue weighted by molar-refractivity contribution is 0.677. The van der Waals surface area contributed by atoms with Gasteiger partial charge in [0.15, 0.2) is 0 Å². The summed E-state index contributed by atoms with van der Waals surface area (Å²) >= 11 is 0. The Kier molecular flexibility index (Phi) is 1.71. The Morgan fingerprint density at radius 2 is 1.62 bits per heavy atom. The summed E-state index contributed by atoms with van der Waals surface area (Å²) in [6, 6.07) is 0. The van der Waals surface area contributed by atoms with Crippen molar-refractivity contribution in [1.82, 2.24) is 0 Å². The van der Waals surface area contributed by atoms with Crippen LogP contribution in [0, 0.1) is 0 Å². The molecule has 0 amide bonds. The minimum atomic E-state index is -0.512. The average molecular weight is 132 g/mol. The molecule has 1 rings (SSSR count). The lowest BCUT2D eigenvalue weighted by Gasteiger charge is -1.98. The Morgan fingerprint density at radius 1 is 1.25 bits per heavy atom. The molecule has 1 aliphatic heterocycles. The molecule has 0 aromatic rings. The predicted molar refractivity (Wildman–Crippen MR) is 36.3 cm³/mol. The highest BCUT2D eigenvalue weighted by molar-refractivity contribution is 7.86. The van der Waals surface area contributed by atoms with E-state index in [4.69, 9.17) is 0 Å². The van der Waals surface area contributed by atoms with Gasteiger partial charge >= 0.3 is 0 Å². The Labute approximate surface area is 52.9 Å². The van der Waals surface area contributed by atoms with E-state index in [1.165, 1.54) is 0 Å². The minimum absolute atomic E-state index is 0.463. The third-order valence-electron chi connectivity index (χ3n) is 1.77. The van der Waals surface area contributed by atoms with E-state index in [0.717, 1.165) is 12.8 Å². The molecule has 0 aromatic heterocycles. The average Bonchev–Trinajstić information content (AvgIpc) is 1.98. The van der Waals surface area contributed by atoms with Gasteiger partial charge in [-0.25, -0.2) is 0 Å². The second-order valence-electron chi connectivity index (χ2n) is 2.53. The predicted octanol–water partition coefficient (Wildman–Crippen LogP) is 1.31. The molecule has 1 nitrogen and oxygen atoms in total. The van der Waals surface area contributed by atoms with Crippen molar-refractivity contribution in [3.8, 4) is 0 Å². The molecule has 1 saturated heterocycles. The summed E-state index contributed by atoms with van der Waals surface area (Å²) in [6.45, 7) is 4.14. The van der Waals surface area contributed by atoms with Gasteiger partial charge in [-0.1, -0.05) is 13.8 Å². The molecule has 0 N–H and O–H groups in total. The zero-order valence-corrected chi connectivity index (χ0v) is 6.20. The van der Waals surface area contributed by atoms with Gasteiger partial charge in [0, 0.05) is 21.3 Å². The topological polar surface area (TPSA) is 17.1 Å². The van der Waals surface area contributed by atoms with Crippen molar-refractivity contribution in [2.24, 2.45) is 0 Å². The van der Waals surface area contributed by atoms with Crippen LogP contribution in [0.4, 0.5) is 0 Å². The van der Waals surface area contributed by atoms with Crippen molar-refractivity contribution >= 4 is 10.8 Å². The van der Waals surface area contributed by atoms with Gasteiger partial charge in [0.25, 0.3) is 0 Å². The second kappa shape index (κ2) is 2.18. The van der Waals surface area contributed by atoms with Crippen molar-refractivity contribution in [1.29, 1.82) is 0 Å². The first-order valence-corrected chi connectivity index (χ1v) is 4.39. The first-order chi connectivity index (χ1) is 3.72. The normalized spacial score (nSPS) is 47.5. The fraction of sp³-hybridized carbons (Fsp3) is 1.00. The van der Waals surface area contributed by atoms with Crippen LogP contribution >= 0.6 is 0 Å².